The van der Waals surface area contributed by atoms with Crippen LogP contribution >= 0.6 is 0 Å². The van der Waals surface area contributed by atoms with Gasteiger partial charge in [-0.2, -0.15) is 5.26 Å². The van der Waals surface area contributed by atoms with Gasteiger partial charge in [-0.25, -0.2) is 0 Å². The Morgan fingerprint density at radius 2 is 2.06 bits per heavy atom. The number of hydrogen-bond donors (Lipinski definition) is 1. The van der Waals surface area contributed by atoms with Crippen LogP contribution in [-0.2, 0) is 6.54 Å². The summed E-state index contributed by atoms with van der Waals surface area (Å²) in [5.41, 5.74) is 6.76. The molecule has 84 valence electrons. The minimum absolute atomic E-state index is 0.413. The van der Waals surface area contributed by atoms with E-state index in [2.05, 4.69) is 11.0 Å². The number of carbonyl (C=O) groups is 1. The van der Waals surface area contributed by atoms with E-state index in [1.807, 2.05) is 19.2 Å². The molecule has 0 spiro atoms. The van der Waals surface area contributed by atoms with Crippen LogP contribution in [0.25, 0.3) is 0 Å². The summed E-state index contributed by atoms with van der Waals surface area (Å²) in [7, 11) is 1.96. The highest BCUT2D eigenvalue weighted by Gasteiger charge is 2.02. The van der Waals surface area contributed by atoms with Crippen LogP contribution in [0.1, 0.15) is 22.3 Å². The molecular formula is C12H15N3O. The van der Waals surface area contributed by atoms with Crippen LogP contribution in [-0.4, -0.2) is 24.4 Å². The van der Waals surface area contributed by atoms with Crippen LogP contribution in [0.3, 0.4) is 0 Å². The molecule has 1 aromatic carbocycles. The third kappa shape index (κ3) is 3.71. The lowest BCUT2D eigenvalue weighted by Gasteiger charge is -2.14. The van der Waals surface area contributed by atoms with Gasteiger partial charge < -0.3 is 10.6 Å². The monoisotopic (exact) mass is 217 g/mol. The quantitative estimate of drug-likeness (QED) is 0.803. The molecule has 16 heavy (non-hydrogen) atoms. The average Bonchev–Trinajstić information content (AvgIpc) is 2.27. The van der Waals surface area contributed by atoms with Crippen LogP contribution < -0.4 is 5.73 Å². The second-order valence-electron chi connectivity index (χ2n) is 3.71. The second-order valence-corrected chi connectivity index (χ2v) is 3.71. The zero-order valence-corrected chi connectivity index (χ0v) is 9.31. The van der Waals surface area contributed by atoms with Gasteiger partial charge in [-0.3, -0.25) is 4.79 Å². The van der Waals surface area contributed by atoms with E-state index in [1.165, 1.54) is 0 Å². The van der Waals surface area contributed by atoms with Gasteiger partial charge in [0.1, 0.15) is 0 Å². The van der Waals surface area contributed by atoms with Crippen LogP contribution in [0.2, 0.25) is 0 Å². The van der Waals surface area contributed by atoms with E-state index in [0.29, 0.717) is 12.0 Å². The molecule has 1 aromatic rings. The van der Waals surface area contributed by atoms with Crippen LogP contribution in [0.4, 0.5) is 0 Å². The Morgan fingerprint density at radius 3 is 2.56 bits per heavy atom. The lowest BCUT2D eigenvalue weighted by molar-refractivity contribution is 0.100. The molecule has 1 rings (SSSR count). The molecule has 0 bridgehead atoms. The highest BCUT2D eigenvalue weighted by Crippen LogP contribution is 2.06. The van der Waals surface area contributed by atoms with Gasteiger partial charge in [-0.05, 0) is 24.7 Å². The fourth-order valence-electron chi connectivity index (χ4n) is 1.41. The Hall–Kier alpha value is -1.86. The molecule has 0 aliphatic carbocycles. The maximum atomic E-state index is 10.9. The summed E-state index contributed by atoms with van der Waals surface area (Å²) in [5, 5.41) is 8.45. The van der Waals surface area contributed by atoms with E-state index in [9.17, 15) is 4.79 Å². The molecule has 0 atom stereocenters. The highest BCUT2D eigenvalue weighted by atomic mass is 16.1. The summed E-state index contributed by atoms with van der Waals surface area (Å²) in [5.74, 6) is -0.413. The van der Waals surface area contributed by atoms with E-state index < -0.39 is 5.91 Å². The van der Waals surface area contributed by atoms with Gasteiger partial charge in [-0.1, -0.05) is 12.1 Å². The van der Waals surface area contributed by atoms with Crippen molar-refractivity contribution in [3.8, 4) is 6.07 Å². The minimum Gasteiger partial charge on any atom is -0.366 e. The molecule has 0 saturated carbocycles. The first-order valence-electron chi connectivity index (χ1n) is 5.07. The molecule has 1 amide bonds. The molecule has 0 fully saturated rings. The minimum atomic E-state index is -0.413. The Kier molecular flexibility index (Phi) is 4.49. The number of amides is 1. The largest absolute Gasteiger partial charge is 0.366 e. The van der Waals surface area contributed by atoms with Gasteiger partial charge in [-0.15, -0.1) is 0 Å². The van der Waals surface area contributed by atoms with E-state index in [-0.39, 0.29) is 0 Å². The standard InChI is InChI=1S/C12H15N3O/c1-15(8-2-7-13)9-10-3-5-11(6-4-10)12(14)16/h3-6H,2,8-9H2,1H3,(H2,14,16). The maximum absolute atomic E-state index is 10.9. The molecule has 0 aliphatic rings. The van der Waals surface area contributed by atoms with Crippen LogP contribution in [0.15, 0.2) is 24.3 Å². The SMILES string of the molecule is CN(CCC#N)Cc1ccc(C(N)=O)cc1. The third-order valence-corrected chi connectivity index (χ3v) is 2.30. The number of nitrogens with two attached hydrogens (primary N) is 1. The van der Waals surface area contributed by atoms with Gasteiger partial charge >= 0.3 is 0 Å². The lowest BCUT2D eigenvalue weighted by Crippen LogP contribution is -2.18. The molecule has 2 N–H and O–H groups in total. The topological polar surface area (TPSA) is 70.1 Å². The van der Waals surface area contributed by atoms with Crippen molar-refractivity contribution in [2.24, 2.45) is 5.73 Å². The van der Waals surface area contributed by atoms with E-state index in [4.69, 9.17) is 11.0 Å². The van der Waals surface area contributed by atoms with Crippen LogP contribution in [0.5, 0.6) is 0 Å². The van der Waals surface area contributed by atoms with E-state index >= 15 is 0 Å². The number of benzene rings is 1. The number of primary amides is 1. The molecule has 0 heterocycles. The molecule has 0 aliphatic heterocycles. The van der Waals surface area contributed by atoms with Crippen molar-refractivity contribution in [2.45, 2.75) is 13.0 Å². The Balaban J connectivity index is 2.55. The van der Waals surface area contributed by atoms with Gasteiger partial charge in [0.25, 0.3) is 0 Å². The van der Waals surface area contributed by atoms with E-state index in [0.717, 1.165) is 18.7 Å². The Morgan fingerprint density at radius 1 is 1.44 bits per heavy atom. The molecule has 0 saturated heterocycles. The van der Waals surface area contributed by atoms with Crippen molar-refractivity contribution in [3.05, 3.63) is 35.4 Å². The summed E-state index contributed by atoms with van der Waals surface area (Å²) in [4.78, 5) is 12.9. The second kappa shape index (κ2) is 5.89. The molecule has 0 unspecified atom stereocenters. The number of rotatable bonds is 5. The normalized spacial score (nSPS) is 10.1. The zero-order chi connectivity index (χ0) is 12.0. The average molecular weight is 217 g/mol. The molecule has 4 heteroatoms. The fourth-order valence-corrected chi connectivity index (χ4v) is 1.41. The van der Waals surface area contributed by atoms with Crippen molar-refractivity contribution in [3.63, 3.8) is 0 Å². The Bertz CT molecular complexity index is 392. The Labute approximate surface area is 95.3 Å². The fraction of sp³-hybridized carbons (Fsp3) is 0.333. The molecule has 4 nitrogen and oxygen atoms in total. The van der Waals surface area contributed by atoms with Gasteiger partial charge in [0, 0.05) is 25.1 Å². The van der Waals surface area contributed by atoms with Crippen molar-refractivity contribution >= 4 is 5.91 Å². The third-order valence-electron chi connectivity index (χ3n) is 2.30. The predicted molar refractivity (Wildman–Crippen MR) is 61.5 cm³/mol. The predicted octanol–water partition coefficient (Wildman–Crippen LogP) is 1.13. The number of nitriles is 1. The van der Waals surface area contributed by atoms with E-state index in [1.54, 1.807) is 12.1 Å². The van der Waals surface area contributed by atoms with Gasteiger partial charge in [0.2, 0.25) is 5.91 Å². The first kappa shape index (κ1) is 12.2. The maximum Gasteiger partial charge on any atom is 0.248 e. The number of hydrogen-bond acceptors (Lipinski definition) is 3. The first-order valence-corrected chi connectivity index (χ1v) is 5.07. The number of carbonyl (C=O) groups excluding carboxylic acids is 1. The van der Waals surface area contributed by atoms with Crippen molar-refractivity contribution in [2.75, 3.05) is 13.6 Å². The first-order chi connectivity index (χ1) is 7.63. The van der Waals surface area contributed by atoms with Crippen LogP contribution in [0, 0.1) is 11.3 Å². The summed E-state index contributed by atoms with van der Waals surface area (Å²) in [6.45, 7) is 1.51. The summed E-state index contributed by atoms with van der Waals surface area (Å²) in [6.07, 6.45) is 0.524. The summed E-state index contributed by atoms with van der Waals surface area (Å²) in [6, 6.07) is 9.30. The summed E-state index contributed by atoms with van der Waals surface area (Å²) < 4.78 is 0. The van der Waals surface area contributed by atoms with Crippen molar-refractivity contribution in [1.29, 1.82) is 5.26 Å². The van der Waals surface area contributed by atoms with Gasteiger partial charge in [0.05, 0.1) is 6.07 Å². The van der Waals surface area contributed by atoms with Gasteiger partial charge in [0.15, 0.2) is 0 Å². The molecule has 0 radical (unpaired) electrons. The smallest absolute Gasteiger partial charge is 0.248 e. The highest BCUT2D eigenvalue weighted by molar-refractivity contribution is 5.92. The number of nitrogens with zero attached hydrogens (tertiary/aromatic N) is 2. The van der Waals surface area contributed by atoms with Crippen molar-refractivity contribution in [1.82, 2.24) is 4.90 Å². The van der Waals surface area contributed by atoms with Crippen molar-refractivity contribution < 1.29 is 4.79 Å². The summed E-state index contributed by atoms with van der Waals surface area (Å²) >= 11 is 0. The molecular weight excluding hydrogens is 202 g/mol. The lowest BCUT2D eigenvalue weighted by atomic mass is 10.1. The molecule has 0 aromatic heterocycles. The zero-order valence-electron chi connectivity index (χ0n) is 9.31.